The first-order valence-corrected chi connectivity index (χ1v) is 8.06. The van der Waals surface area contributed by atoms with E-state index < -0.39 is 0 Å². The molecule has 116 valence electrons. The number of imidazole rings is 1. The van der Waals surface area contributed by atoms with Gasteiger partial charge >= 0.3 is 0 Å². The van der Waals surface area contributed by atoms with Crippen LogP contribution in [0.15, 0.2) is 67.3 Å². The molecule has 0 saturated heterocycles. The fourth-order valence-corrected chi connectivity index (χ4v) is 3.17. The van der Waals surface area contributed by atoms with Gasteiger partial charge < -0.3 is 10.3 Å². The number of hydrogen-bond donors (Lipinski definition) is 2. The topological polar surface area (TPSA) is 53.6 Å². The van der Waals surface area contributed by atoms with Crippen LogP contribution in [0.4, 0.5) is 0 Å². The maximum atomic E-state index is 4.45. The number of pyridine rings is 1. The van der Waals surface area contributed by atoms with E-state index in [0.29, 0.717) is 0 Å². The molecule has 2 aromatic heterocycles. The zero-order valence-electron chi connectivity index (χ0n) is 12.9. The van der Waals surface area contributed by atoms with Crippen molar-refractivity contribution in [3.05, 3.63) is 84.2 Å². The molecule has 0 amide bonds. The van der Waals surface area contributed by atoms with Gasteiger partial charge in [0, 0.05) is 36.7 Å². The summed E-state index contributed by atoms with van der Waals surface area (Å²) >= 11 is 0. The van der Waals surface area contributed by atoms with Crippen molar-refractivity contribution in [3.8, 4) is 0 Å². The maximum Gasteiger partial charge on any atom is 0.127 e. The zero-order valence-corrected chi connectivity index (χ0v) is 12.9. The molecule has 1 unspecified atom stereocenters. The first-order valence-electron chi connectivity index (χ1n) is 8.06. The van der Waals surface area contributed by atoms with Gasteiger partial charge in [0.05, 0.1) is 6.04 Å². The summed E-state index contributed by atoms with van der Waals surface area (Å²) in [5.41, 5.74) is 2.89. The summed E-state index contributed by atoms with van der Waals surface area (Å²) in [6.07, 6.45) is 9.81. The summed E-state index contributed by atoms with van der Waals surface area (Å²) in [4.78, 5) is 11.8. The quantitative estimate of drug-likeness (QED) is 0.735. The highest BCUT2D eigenvalue weighted by Crippen LogP contribution is 2.47. The predicted molar refractivity (Wildman–Crippen MR) is 90.0 cm³/mol. The van der Waals surface area contributed by atoms with Crippen LogP contribution >= 0.6 is 0 Å². The van der Waals surface area contributed by atoms with E-state index in [1.165, 1.54) is 24.0 Å². The third-order valence-corrected chi connectivity index (χ3v) is 4.72. The first-order chi connectivity index (χ1) is 11.4. The minimum Gasteiger partial charge on any atom is -0.347 e. The molecule has 1 aromatic carbocycles. The summed E-state index contributed by atoms with van der Waals surface area (Å²) in [6, 6.07) is 15.0. The lowest BCUT2D eigenvalue weighted by Gasteiger charge is -2.22. The Morgan fingerprint density at radius 1 is 1.04 bits per heavy atom. The third kappa shape index (κ3) is 2.90. The first kappa shape index (κ1) is 14.2. The second-order valence-corrected chi connectivity index (χ2v) is 6.22. The van der Waals surface area contributed by atoms with Crippen LogP contribution in [0.25, 0.3) is 0 Å². The number of nitrogens with one attached hydrogen (secondary N) is 2. The molecule has 23 heavy (non-hydrogen) atoms. The second-order valence-electron chi connectivity index (χ2n) is 6.22. The zero-order chi connectivity index (χ0) is 15.5. The molecular weight excluding hydrogens is 284 g/mol. The van der Waals surface area contributed by atoms with Gasteiger partial charge in [-0.3, -0.25) is 4.98 Å². The normalized spacial score (nSPS) is 16.9. The molecule has 2 N–H and O–H groups in total. The van der Waals surface area contributed by atoms with E-state index in [2.05, 4.69) is 50.6 Å². The van der Waals surface area contributed by atoms with Crippen LogP contribution in [0.2, 0.25) is 0 Å². The highest BCUT2D eigenvalue weighted by molar-refractivity contribution is 5.32. The van der Waals surface area contributed by atoms with Crippen LogP contribution in [0.3, 0.4) is 0 Å². The second kappa shape index (κ2) is 5.97. The lowest BCUT2D eigenvalue weighted by Crippen LogP contribution is -2.31. The minimum absolute atomic E-state index is 0.0641. The predicted octanol–water partition coefficient (Wildman–Crippen LogP) is 3.22. The third-order valence-electron chi connectivity index (χ3n) is 4.72. The van der Waals surface area contributed by atoms with Crippen molar-refractivity contribution < 1.29 is 0 Å². The van der Waals surface area contributed by atoms with Gasteiger partial charge in [-0.25, -0.2) is 4.98 Å². The summed E-state index contributed by atoms with van der Waals surface area (Å²) in [6.45, 7) is 0.949. The molecule has 4 rings (SSSR count). The molecular formula is C19H20N4. The van der Waals surface area contributed by atoms with Crippen LogP contribution in [0.5, 0.6) is 0 Å². The maximum absolute atomic E-state index is 4.45. The largest absolute Gasteiger partial charge is 0.347 e. The average molecular weight is 304 g/mol. The van der Waals surface area contributed by atoms with Crippen molar-refractivity contribution in [1.82, 2.24) is 20.3 Å². The fraction of sp³-hybridized carbons (Fsp3) is 0.263. The lowest BCUT2D eigenvalue weighted by molar-refractivity contribution is 0.516. The van der Waals surface area contributed by atoms with E-state index in [9.17, 15) is 0 Å². The van der Waals surface area contributed by atoms with Crippen molar-refractivity contribution in [2.75, 3.05) is 6.54 Å². The molecule has 3 aromatic rings. The molecule has 2 heterocycles. The molecule has 1 saturated carbocycles. The smallest absolute Gasteiger partial charge is 0.127 e. The number of H-pyrrole nitrogens is 1. The number of nitrogens with zero attached hydrogens (tertiary/aromatic N) is 2. The van der Waals surface area contributed by atoms with Crippen LogP contribution in [-0.4, -0.2) is 21.5 Å². The molecule has 0 spiro atoms. The van der Waals surface area contributed by atoms with E-state index in [4.69, 9.17) is 0 Å². The fourth-order valence-electron chi connectivity index (χ4n) is 3.17. The highest BCUT2D eigenvalue weighted by Gasteiger charge is 2.44. The summed E-state index contributed by atoms with van der Waals surface area (Å²) in [5, 5.41) is 3.72. The van der Waals surface area contributed by atoms with E-state index in [1.54, 1.807) is 6.20 Å². The van der Waals surface area contributed by atoms with Gasteiger partial charge in [0.15, 0.2) is 0 Å². The van der Waals surface area contributed by atoms with Crippen LogP contribution < -0.4 is 5.32 Å². The van der Waals surface area contributed by atoms with Gasteiger partial charge in [-0.2, -0.15) is 0 Å². The summed E-state index contributed by atoms with van der Waals surface area (Å²) in [5.74, 6) is 0.945. The van der Waals surface area contributed by atoms with Crippen molar-refractivity contribution >= 4 is 0 Å². The highest BCUT2D eigenvalue weighted by atomic mass is 15.0. The monoisotopic (exact) mass is 304 g/mol. The summed E-state index contributed by atoms with van der Waals surface area (Å²) < 4.78 is 0. The average Bonchev–Trinajstić information content (AvgIpc) is 3.22. The molecule has 0 radical (unpaired) electrons. The van der Waals surface area contributed by atoms with E-state index in [0.717, 1.165) is 12.4 Å². The van der Waals surface area contributed by atoms with Crippen LogP contribution in [0.1, 0.15) is 35.8 Å². The van der Waals surface area contributed by atoms with Gasteiger partial charge in [0.1, 0.15) is 5.82 Å². The van der Waals surface area contributed by atoms with Crippen molar-refractivity contribution in [2.24, 2.45) is 0 Å². The Morgan fingerprint density at radius 2 is 1.83 bits per heavy atom. The van der Waals surface area contributed by atoms with Crippen molar-refractivity contribution in [2.45, 2.75) is 24.3 Å². The lowest BCUT2D eigenvalue weighted by atomic mass is 9.95. The molecule has 1 aliphatic rings. The number of aromatic amines is 1. The number of aromatic nitrogens is 3. The van der Waals surface area contributed by atoms with E-state index >= 15 is 0 Å². The van der Waals surface area contributed by atoms with Crippen LogP contribution in [-0.2, 0) is 5.41 Å². The Hall–Kier alpha value is -2.46. The van der Waals surface area contributed by atoms with E-state index in [1.807, 2.05) is 30.7 Å². The number of benzene rings is 1. The summed E-state index contributed by atoms with van der Waals surface area (Å²) in [7, 11) is 0. The molecule has 1 aliphatic carbocycles. The minimum atomic E-state index is 0.0641. The van der Waals surface area contributed by atoms with Gasteiger partial charge in [-0.05, 0) is 36.1 Å². The number of hydrogen-bond acceptors (Lipinski definition) is 3. The Bertz CT molecular complexity index is 734. The molecule has 0 aliphatic heterocycles. The molecule has 0 bridgehead atoms. The Morgan fingerprint density at radius 3 is 2.48 bits per heavy atom. The van der Waals surface area contributed by atoms with Crippen molar-refractivity contribution in [3.63, 3.8) is 0 Å². The van der Waals surface area contributed by atoms with Gasteiger partial charge in [-0.15, -0.1) is 0 Å². The molecule has 4 heteroatoms. The Labute approximate surface area is 136 Å². The van der Waals surface area contributed by atoms with E-state index in [-0.39, 0.29) is 11.5 Å². The molecule has 1 atom stereocenters. The van der Waals surface area contributed by atoms with Crippen molar-refractivity contribution in [1.29, 1.82) is 0 Å². The van der Waals surface area contributed by atoms with Gasteiger partial charge in [-0.1, -0.05) is 30.3 Å². The van der Waals surface area contributed by atoms with Gasteiger partial charge in [0.25, 0.3) is 0 Å². The standard InChI is InChI=1S/C19H20N4/c1-2-4-16(5-3-1)19(8-9-19)14-23-17(18-21-12-13-22-18)15-6-10-20-11-7-15/h1-7,10-13,17,23H,8-9,14H2,(H,21,22). The molecule has 1 fully saturated rings. The van der Waals surface area contributed by atoms with Gasteiger partial charge in [0.2, 0.25) is 0 Å². The van der Waals surface area contributed by atoms with Crippen LogP contribution in [0, 0.1) is 0 Å². The Balaban J connectivity index is 1.55. The Kier molecular flexibility index (Phi) is 3.67. The molecule has 4 nitrogen and oxygen atoms in total. The SMILES string of the molecule is c1ccc(C2(CNC(c3ccncc3)c3ncc[nH]3)CC2)cc1. The number of rotatable bonds is 6.